The maximum absolute atomic E-state index is 5.49. The van der Waals surface area contributed by atoms with Crippen molar-refractivity contribution in [2.75, 3.05) is 6.61 Å². The average molecular weight is 291 g/mol. The van der Waals surface area contributed by atoms with E-state index in [1.807, 2.05) is 19.1 Å². The number of ether oxygens (including phenoxy) is 1. The van der Waals surface area contributed by atoms with Gasteiger partial charge in [0.15, 0.2) is 0 Å². The van der Waals surface area contributed by atoms with E-state index in [-0.39, 0.29) is 0 Å². The van der Waals surface area contributed by atoms with Gasteiger partial charge in [-0.1, -0.05) is 13.8 Å². The van der Waals surface area contributed by atoms with Gasteiger partial charge < -0.3 is 4.74 Å². The molecule has 0 saturated heterocycles. The second-order valence-corrected chi connectivity index (χ2v) is 4.58. The predicted octanol–water partition coefficient (Wildman–Crippen LogP) is 3.03. The van der Waals surface area contributed by atoms with Crippen LogP contribution in [0.5, 0.6) is 5.88 Å². The SMILES string of the molecule is Cc1nc(OCC(C)C)ccc1I. The normalized spacial score (nSPS) is 10.5. The molecule has 0 unspecified atom stereocenters. The van der Waals surface area contributed by atoms with Crippen molar-refractivity contribution >= 4 is 22.6 Å². The Labute approximate surface area is 92.9 Å². The monoisotopic (exact) mass is 291 g/mol. The standard InChI is InChI=1S/C10H14INO/c1-7(2)6-13-10-5-4-9(11)8(3)12-10/h4-5,7H,6H2,1-3H3. The fourth-order valence-corrected chi connectivity index (χ4v) is 1.15. The molecule has 1 aromatic heterocycles. The first kappa shape index (κ1) is 10.8. The minimum atomic E-state index is 0.543. The lowest BCUT2D eigenvalue weighted by atomic mass is 10.2. The summed E-state index contributed by atoms with van der Waals surface area (Å²) in [6, 6.07) is 3.94. The van der Waals surface area contributed by atoms with Gasteiger partial charge in [0, 0.05) is 9.64 Å². The number of rotatable bonds is 3. The van der Waals surface area contributed by atoms with E-state index in [4.69, 9.17) is 4.74 Å². The third kappa shape index (κ3) is 3.50. The molecule has 0 spiro atoms. The van der Waals surface area contributed by atoms with Crippen LogP contribution in [0.15, 0.2) is 12.1 Å². The van der Waals surface area contributed by atoms with Crippen LogP contribution < -0.4 is 4.74 Å². The Balaban J connectivity index is 2.63. The van der Waals surface area contributed by atoms with Crippen molar-refractivity contribution in [3.8, 4) is 5.88 Å². The molecule has 1 aromatic rings. The van der Waals surface area contributed by atoms with Gasteiger partial charge in [0.2, 0.25) is 5.88 Å². The van der Waals surface area contributed by atoms with Gasteiger partial charge in [-0.3, -0.25) is 0 Å². The Morgan fingerprint density at radius 3 is 2.69 bits per heavy atom. The topological polar surface area (TPSA) is 22.1 Å². The third-order valence-electron chi connectivity index (χ3n) is 1.56. The largest absolute Gasteiger partial charge is 0.477 e. The summed E-state index contributed by atoms with van der Waals surface area (Å²) < 4.78 is 6.66. The highest BCUT2D eigenvalue weighted by Gasteiger charge is 2.00. The van der Waals surface area contributed by atoms with Crippen molar-refractivity contribution in [1.29, 1.82) is 0 Å². The van der Waals surface area contributed by atoms with Crippen LogP contribution in [0.3, 0.4) is 0 Å². The molecule has 1 heterocycles. The number of hydrogen-bond acceptors (Lipinski definition) is 2. The van der Waals surface area contributed by atoms with E-state index in [1.165, 1.54) is 3.57 Å². The number of pyridine rings is 1. The lowest BCUT2D eigenvalue weighted by molar-refractivity contribution is 0.261. The van der Waals surface area contributed by atoms with Gasteiger partial charge in [-0.2, -0.15) is 0 Å². The van der Waals surface area contributed by atoms with Gasteiger partial charge in [-0.05, 0) is 41.5 Å². The molecule has 0 N–H and O–H groups in total. The maximum atomic E-state index is 5.49. The molecule has 0 saturated carbocycles. The van der Waals surface area contributed by atoms with Crippen molar-refractivity contribution in [3.05, 3.63) is 21.4 Å². The van der Waals surface area contributed by atoms with Gasteiger partial charge in [-0.25, -0.2) is 4.98 Å². The Morgan fingerprint density at radius 1 is 1.46 bits per heavy atom. The molecule has 2 nitrogen and oxygen atoms in total. The van der Waals surface area contributed by atoms with E-state index in [0.29, 0.717) is 5.92 Å². The summed E-state index contributed by atoms with van der Waals surface area (Å²) in [5, 5.41) is 0. The highest BCUT2D eigenvalue weighted by Crippen LogP contribution is 2.14. The van der Waals surface area contributed by atoms with E-state index < -0.39 is 0 Å². The Hall–Kier alpha value is -0.320. The van der Waals surface area contributed by atoms with E-state index in [2.05, 4.69) is 41.4 Å². The van der Waals surface area contributed by atoms with Crippen LogP contribution >= 0.6 is 22.6 Å². The van der Waals surface area contributed by atoms with Crippen LogP contribution in [0.2, 0.25) is 0 Å². The highest BCUT2D eigenvalue weighted by atomic mass is 127. The van der Waals surface area contributed by atoms with Crippen molar-refractivity contribution in [2.24, 2.45) is 5.92 Å². The molecule has 72 valence electrons. The van der Waals surface area contributed by atoms with Crippen molar-refractivity contribution in [2.45, 2.75) is 20.8 Å². The third-order valence-corrected chi connectivity index (χ3v) is 2.70. The number of hydrogen-bond donors (Lipinski definition) is 0. The summed E-state index contributed by atoms with van der Waals surface area (Å²) in [6.45, 7) is 6.97. The summed E-state index contributed by atoms with van der Waals surface area (Å²) in [4.78, 5) is 4.31. The molecule has 1 rings (SSSR count). The number of aromatic nitrogens is 1. The first-order valence-corrected chi connectivity index (χ1v) is 5.43. The van der Waals surface area contributed by atoms with Gasteiger partial charge in [0.25, 0.3) is 0 Å². The fourth-order valence-electron chi connectivity index (χ4n) is 0.853. The Morgan fingerprint density at radius 2 is 2.15 bits per heavy atom. The zero-order valence-electron chi connectivity index (χ0n) is 8.17. The minimum Gasteiger partial charge on any atom is -0.477 e. The van der Waals surface area contributed by atoms with E-state index in [1.54, 1.807) is 0 Å². The van der Waals surface area contributed by atoms with Crippen molar-refractivity contribution < 1.29 is 4.74 Å². The van der Waals surface area contributed by atoms with Crippen LogP contribution in [0.1, 0.15) is 19.5 Å². The molecule has 0 aliphatic carbocycles. The first-order valence-electron chi connectivity index (χ1n) is 4.35. The quantitative estimate of drug-likeness (QED) is 0.799. The first-order chi connectivity index (χ1) is 6.09. The summed E-state index contributed by atoms with van der Waals surface area (Å²) >= 11 is 2.26. The number of halogens is 1. The van der Waals surface area contributed by atoms with Gasteiger partial charge in [0.05, 0.1) is 12.3 Å². The van der Waals surface area contributed by atoms with Gasteiger partial charge >= 0.3 is 0 Å². The molecule has 0 bridgehead atoms. The summed E-state index contributed by atoms with van der Waals surface area (Å²) in [6.07, 6.45) is 0. The molecule has 13 heavy (non-hydrogen) atoms. The molecule has 0 aliphatic heterocycles. The number of nitrogens with zero attached hydrogens (tertiary/aromatic N) is 1. The van der Waals surface area contributed by atoms with Crippen LogP contribution in [0, 0.1) is 16.4 Å². The van der Waals surface area contributed by atoms with Crippen LogP contribution in [0.4, 0.5) is 0 Å². The van der Waals surface area contributed by atoms with Gasteiger partial charge in [0.1, 0.15) is 0 Å². The second-order valence-electron chi connectivity index (χ2n) is 3.42. The van der Waals surface area contributed by atoms with Crippen LogP contribution in [-0.4, -0.2) is 11.6 Å². The Bertz CT molecular complexity index is 286. The lowest BCUT2D eigenvalue weighted by Crippen LogP contribution is -2.06. The maximum Gasteiger partial charge on any atom is 0.213 e. The zero-order chi connectivity index (χ0) is 9.84. The average Bonchev–Trinajstić information content (AvgIpc) is 2.07. The zero-order valence-corrected chi connectivity index (χ0v) is 10.3. The fraction of sp³-hybridized carbons (Fsp3) is 0.500. The summed E-state index contributed by atoms with van der Waals surface area (Å²) in [7, 11) is 0. The van der Waals surface area contributed by atoms with Gasteiger partial charge in [-0.15, -0.1) is 0 Å². The number of aryl methyl sites for hydroxylation is 1. The van der Waals surface area contributed by atoms with E-state index in [0.717, 1.165) is 18.2 Å². The molecular formula is C10H14INO. The second kappa shape index (κ2) is 4.79. The van der Waals surface area contributed by atoms with Crippen LogP contribution in [-0.2, 0) is 0 Å². The molecule has 0 amide bonds. The minimum absolute atomic E-state index is 0.543. The summed E-state index contributed by atoms with van der Waals surface area (Å²) in [5.41, 5.74) is 1.03. The molecule has 0 radical (unpaired) electrons. The van der Waals surface area contributed by atoms with Crippen molar-refractivity contribution in [1.82, 2.24) is 4.98 Å². The van der Waals surface area contributed by atoms with E-state index >= 15 is 0 Å². The summed E-state index contributed by atoms with van der Waals surface area (Å²) in [5.74, 6) is 1.27. The van der Waals surface area contributed by atoms with Crippen LogP contribution in [0.25, 0.3) is 0 Å². The smallest absolute Gasteiger partial charge is 0.213 e. The lowest BCUT2D eigenvalue weighted by Gasteiger charge is -2.08. The molecule has 0 fully saturated rings. The van der Waals surface area contributed by atoms with Crippen molar-refractivity contribution in [3.63, 3.8) is 0 Å². The molecule has 3 heteroatoms. The Kier molecular flexibility index (Phi) is 3.96. The predicted molar refractivity (Wildman–Crippen MR) is 62.0 cm³/mol. The van der Waals surface area contributed by atoms with E-state index in [9.17, 15) is 0 Å². The molecule has 0 aliphatic rings. The highest BCUT2D eigenvalue weighted by molar-refractivity contribution is 14.1. The molecule has 0 atom stereocenters. The molecule has 0 aromatic carbocycles. The molecular weight excluding hydrogens is 277 g/mol.